The Morgan fingerprint density at radius 2 is 1.90 bits per heavy atom. The molecule has 0 saturated heterocycles. The molecule has 3 nitrogen and oxygen atoms in total. The number of nitrogens with zero attached hydrogens (tertiary/aromatic N) is 1. The first-order valence-corrected chi connectivity index (χ1v) is 8.24. The van der Waals surface area contributed by atoms with E-state index in [0.29, 0.717) is 6.61 Å². The Kier molecular flexibility index (Phi) is 5.37. The summed E-state index contributed by atoms with van der Waals surface area (Å²) in [5.41, 5.74) is 2.48. The number of ether oxygens (including phenoxy) is 1. The first-order chi connectivity index (χ1) is 9.99. The quantitative estimate of drug-likeness (QED) is 0.871. The van der Waals surface area contributed by atoms with Gasteiger partial charge in [0.2, 0.25) is 0 Å². The lowest BCUT2D eigenvalue weighted by molar-refractivity contribution is 0.301. The molecule has 1 aromatic heterocycles. The minimum atomic E-state index is 0.175. The lowest BCUT2D eigenvalue weighted by Gasteiger charge is -2.19. The zero-order chi connectivity index (χ0) is 15.3. The third-order valence-corrected chi connectivity index (χ3v) is 4.13. The van der Waals surface area contributed by atoms with Gasteiger partial charge < -0.3 is 10.1 Å². The van der Waals surface area contributed by atoms with Gasteiger partial charge in [-0.05, 0) is 29.7 Å². The molecule has 0 unspecified atom stereocenters. The van der Waals surface area contributed by atoms with Crippen molar-refractivity contribution in [3.8, 4) is 5.75 Å². The monoisotopic (exact) mass is 304 g/mol. The maximum Gasteiger partial charge on any atom is 0.131 e. The maximum atomic E-state index is 5.80. The average Bonchev–Trinajstić information content (AvgIpc) is 2.90. The lowest BCUT2D eigenvalue weighted by Crippen LogP contribution is -2.11. The largest absolute Gasteiger partial charge is 0.487 e. The topological polar surface area (TPSA) is 34.2 Å². The van der Waals surface area contributed by atoms with E-state index in [-0.39, 0.29) is 5.41 Å². The smallest absolute Gasteiger partial charge is 0.131 e. The molecule has 1 N–H and O–H groups in total. The molecule has 2 rings (SSSR count). The third kappa shape index (κ3) is 4.83. The number of aromatic nitrogens is 1. The van der Waals surface area contributed by atoms with Crippen LogP contribution >= 0.6 is 11.3 Å². The normalized spacial score (nSPS) is 11.6. The number of thiazole rings is 1. The van der Waals surface area contributed by atoms with Crippen molar-refractivity contribution in [1.29, 1.82) is 0 Å². The Hall–Kier alpha value is -1.39. The van der Waals surface area contributed by atoms with Crippen LogP contribution in [-0.4, -0.2) is 11.5 Å². The summed E-state index contributed by atoms with van der Waals surface area (Å²) in [6.07, 6.45) is 0. The second kappa shape index (κ2) is 7.05. The van der Waals surface area contributed by atoms with Crippen LogP contribution < -0.4 is 10.1 Å². The van der Waals surface area contributed by atoms with Gasteiger partial charge in [0.1, 0.15) is 17.4 Å². The van der Waals surface area contributed by atoms with Gasteiger partial charge in [0.05, 0.1) is 5.69 Å². The second-order valence-electron chi connectivity index (χ2n) is 6.08. The Bertz CT molecular complexity index is 555. The molecule has 0 radical (unpaired) electrons. The molecule has 4 heteroatoms. The summed E-state index contributed by atoms with van der Waals surface area (Å²) in [6, 6.07) is 8.33. The molecule has 1 aromatic carbocycles. The molecule has 0 atom stereocenters. The first kappa shape index (κ1) is 16.0. The van der Waals surface area contributed by atoms with Crippen LogP contribution in [0.4, 0.5) is 0 Å². The van der Waals surface area contributed by atoms with Gasteiger partial charge in [0.25, 0.3) is 0 Å². The second-order valence-corrected chi connectivity index (χ2v) is 7.02. The highest BCUT2D eigenvalue weighted by molar-refractivity contribution is 7.09. The summed E-state index contributed by atoms with van der Waals surface area (Å²) in [6.45, 7) is 11.1. The van der Waals surface area contributed by atoms with Crippen LogP contribution in [0.2, 0.25) is 0 Å². The van der Waals surface area contributed by atoms with Gasteiger partial charge in [0, 0.05) is 11.9 Å². The molecular weight excluding hydrogens is 280 g/mol. The Morgan fingerprint density at radius 3 is 2.52 bits per heavy atom. The summed E-state index contributed by atoms with van der Waals surface area (Å²) in [7, 11) is 0. The standard InChI is InChI=1S/C17H24N2OS/c1-5-18-10-16-19-14(12-21-16)11-20-15-8-6-13(7-9-15)17(2,3)4/h6-9,12,18H,5,10-11H2,1-4H3. The van der Waals surface area contributed by atoms with Crippen molar-refractivity contribution in [2.24, 2.45) is 0 Å². The predicted octanol–water partition coefficient (Wildman–Crippen LogP) is 4.13. The number of hydrogen-bond acceptors (Lipinski definition) is 4. The average molecular weight is 304 g/mol. The van der Waals surface area contributed by atoms with Crippen molar-refractivity contribution in [2.75, 3.05) is 6.54 Å². The van der Waals surface area contributed by atoms with Gasteiger partial charge in [-0.1, -0.05) is 39.8 Å². The van der Waals surface area contributed by atoms with Crippen molar-refractivity contribution in [3.63, 3.8) is 0 Å². The number of hydrogen-bond donors (Lipinski definition) is 1. The molecule has 0 aliphatic heterocycles. The third-order valence-electron chi connectivity index (χ3n) is 3.23. The molecule has 0 aliphatic rings. The van der Waals surface area contributed by atoms with Crippen molar-refractivity contribution in [1.82, 2.24) is 10.3 Å². The highest BCUT2D eigenvalue weighted by Crippen LogP contribution is 2.24. The van der Waals surface area contributed by atoms with Crippen LogP contribution in [-0.2, 0) is 18.6 Å². The highest BCUT2D eigenvalue weighted by Gasteiger charge is 2.13. The van der Waals surface area contributed by atoms with E-state index < -0.39 is 0 Å². The van der Waals surface area contributed by atoms with Crippen LogP contribution in [0.25, 0.3) is 0 Å². The minimum Gasteiger partial charge on any atom is -0.487 e. The van der Waals surface area contributed by atoms with E-state index in [9.17, 15) is 0 Å². The minimum absolute atomic E-state index is 0.175. The van der Waals surface area contributed by atoms with E-state index in [1.807, 2.05) is 12.1 Å². The zero-order valence-corrected chi connectivity index (χ0v) is 14.1. The number of nitrogens with one attached hydrogen (secondary N) is 1. The molecule has 0 spiro atoms. The maximum absolute atomic E-state index is 5.80. The fraction of sp³-hybridized carbons (Fsp3) is 0.471. The molecule has 0 fully saturated rings. The summed E-state index contributed by atoms with van der Waals surface area (Å²) in [5.74, 6) is 0.893. The van der Waals surface area contributed by atoms with E-state index >= 15 is 0 Å². The molecule has 1 heterocycles. The molecule has 0 amide bonds. The van der Waals surface area contributed by atoms with E-state index in [1.165, 1.54) is 5.56 Å². The Balaban J connectivity index is 1.89. The van der Waals surface area contributed by atoms with Crippen molar-refractivity contribution in [3.05, 3.63) is 45.9 Å². The fourth-order valence-electron chi connectivity index (χ4n) is 1.94. The van der Waals surface area contributed by atoms with Gasteiger partial charge in [-0.25, -0.2) is 4.98 Å². The van der Waals surface area contributed by atoms with Gasteiger partial charge >= 0.3 is 0 Å². The summed E-state index contributed by atoms with van der Waals surface area (Å²) >= 11 is 1.68. The lowest BCUT2D eigenvalue weighted by atomic mass is 9.87. The SMILES string of the molecule is CCNCc1nc(COc2ccc(C(C)(C)C)cc2)cs1. The van der Waals surface area contributed by atoms with Crippen LogP contribution in [0.15, 0.2) is 29.6 Å². The van der Waals surface area contributed by atoms with Crippen molar-refractivity contribution >= 4 is 11.3 Å². The van der Waals surface area contributed by atoms with Crippen LogP contribution in [0.1, 0.15) is 44.0 Å². The molecule has 0 aliphatic carbocycles. The number of benzene rings is 1. The van der Waals surface area contributed by atoms with Crippen LogP contribution in [0.3, 0.4) is 0 Å². The molecule has 114 valence electrons. The molecule has 0 saturated carbocycles. The molecular formula is C17H24N2OS. The molecule has 0 bridgehead atoms. The first-order valence-electron chi connectivity index (χ1n) is 7.36. The van der Waals surface area contributed by atoms with Gasteiger partial charge in [0.15, 0.2) is 0 Å². The zero-order valence-electron chi connectivity index (χ0n) is 13.3. The van der Waals surface area contributed by atoms with Crippen molar-refractivity contribution < 1.29 is 4.74 Å². The highest BCUT2D eigenvalue weighted by atomic mass is 32.1. The van der Waals surface area contributed by atoms with Crippen LogP contribution in [0, 0.1) is 0 Å². The van der Waals surface area contributed by atoms with E-state index in [2.05, 4.69) is 55.5 Å². The van der Waals surface area contributed by atoms with E-state index in [1.54, 1.807) is 11.3 Å². The van der Waals surface area contributed by atoms with Gasteiger partial charge in [-0.2, -0.15) is 0 Å². The van der Waals surface area contributed by atoms with Gasteiger partial charge in [-0.3, -0.25) is 0 Å². The predicted molar refractivity (Wildman–Crippen MR) is 89.0 cm³/mol. The summed E-state index contributed by atoms with van der Waals surface area (Å²) < 4.78 is 5.80. The van der Waals surface area contributed by atoms with E-state index in [4.69, 9.17) is 4.74 Å². The Morgan fingerprint density at radius 1 is 1.19 bits per heavy atom. The van der Waals surface area contributed by atoms with Gasteiger partial charge in [-0.15, -0.1) is 11.3 Å². The molecule has 21 heavy (non-hydrogen) atoms. The molecule has 2 aromatic rings. The van der Waals surface area contributed by atoms with E-state index in [0.717, 1.165) is 29.5 Å². The van der Waals surface area contributed by atoms with Crippen LogP contribution in [0.5, 0.6) is 5.75 Å². The Labute approximate surface area is 131 Å². The summed E-state index contributed by atoms with van der Waals surface area (Å²) in [5, 5.41) is 6.45. The number of rotatable bonds is 6. The van der Waals surface area contributed by atoms with Crippen molar-refractivity contribution in [2.45, 2.75) is 46.3 Å². The summed E-state index contributed by atoms with van der Waals surface area (Å²) in [4.78, 5) is 4.55. The fourth-order valence-corrected chi connectivity index (χ4v) is 2.68.